The lowest BCUT2D eigenvalue weighted by Crippen LogP contribution is -2.29. The molecule has 3 aromatic carbocycles. The van der Waals surface area contributed by atoms with Crippen LogP contribution in [0.3, 0.4) is 0 Å². The molecule has 192 valence electrons. The number of aryl methyl sites for hydroxylation is 1. The van der Waals surface area contributed by atoms with Gasteiger partial charge in [-0.25, -0.2) is 4.98 Å². The molecule has 0 unspecified atom stereocenters. The fourth-order valence-corrected chi connectivity index (χ4v) is 5.10. The first kappa shape index (κ1) is 27.5. The summed E-state index contributed by atoms with van der Waals surface area (Å²) in [4.78, 5) is 18.2. The number of hydrogen-bond donors (Lipinski definition) is 0. The molecule has 0 aliphatic heterocycles. The Morgan fingerprint density at radius 1 is 1.05 bits per heavy atom. The molecule has 1 heterocycles. The molecule has 4 aromatic rings. The van der Waals surface area contributed by atoms with Gasteiger partial charge in [0.2, 0.25) is 0 Å². The maximum Gasteiger partial charge on any atom is 0.282 e. The normalized spacial score (nSPS) is 11.9. The van der Waals surface area contributed by atoms with Crippen molar-refractivity contribution < 1.29 is 9.47 Å². The Balaban J connectivity index is 1.76. The summed E-state index contributed by atoms with van der Waals surface area (Å²) >= 11 is 10.7. The number of hydrogen-bond acceptors (Lipinski definition) is 5. The van der Waals surface area contributed by atoms with Crippen molar-refractivity contribution in [3.8, 4) is 11.5 Å². The van der Waals surface area contributed by atoms with Crippen LogP contribution in [-0.2, 0) is 12.0 Å². The highest BCUT2D eigenvalue weighted by atomic mass is 79.9. The number of methoxy groups -OCH3 is 1. The molecular weight excluding hydrogens is 666 g/mol. The SMILES string of the molecule is COc1cc(C=Nn2c(C(C)(C)C)nc3ccc(Br)cc3c2=O)c(Br)c(Br)c1OCc1cccc(C)c1. The van der Waals surface area contributed by atoms with E-state index in [1.165, 1.54) is 10.2 Å². The van der Waals surface area contributed by atoms with Crippen molar-refractivity contribution in [2.45, 2.75) is 39.7 Å². The molecule has 0 radical (unpaired) electrons. The lowest BCUT2D eigenvalue weighted by molar-refractivity contribution is 0.282. The molecule has 0 fully saturated rings. The minimum atomic E-state index is -0.416. The van der Waals surface area contributed by atoms with Gasteiger partial charge >= 0.3 is 0 Å². The summed E-state index contributed by atoms with van der Waals surface area (Å²) in [6.07, 6.45) is 1.61. The number of rotatable bonds is 6. The molecule has 0 atom stereocenters. The second-order valence-corrected chi connectivity index (χ2v) is 12.1. The zero-order chi connectivity index (χ0) is 26.9. The van der Waals surface area contributed by atoms with Crippen molar-refractivity contribution in [3.05, 3.63) is 94.8 Å². The highest BCUT2D eigenvalue weighted by molar-refractivity contribution is 9.13. The average Bonchev–Trinajstić information content (AvgIpc) is 2.84. The lowest BCUT2D eigenvalue weighted by Gasteiger charge is -2.21. The highest BCUT2D eigenvalue weighted by Crippen LogP contribution is 2.42. The summed E-state index contributed by atoms with van der Waals surface area (Å²) in [7, 11) is 1.59. The van der Waals surface area contributed by atoms with Crippen LogP contribution in [0, 0.1) is 6.92 Å². The van der Waals surface area contributed by atoms with Gasteiger partial charge in [-0.3, -0.25) is 4.79 Å². The Labute approximate surface area is 241 Å². The first-order valence-electron chi connectivity index (χ1n) is 11.5. The molecule has 0 amide bonds. The monoisotopic (exact) mass is 689 g/mol. The molecule has 0 aliphatic carbocycles. The number of benzene rings is 3. The minimum absolute atomic E-state index is 0.243. The van der Waals surface area contributed by atoms with Gasteiger partial charge in [0.05, 0.1) is 28.7 Å². The van der Waals surface area contributed by atoms with Gasteiger partial charge in [-0.15, -0.1) is 0 Å². The zero-order valence-electron chi connectivity index (χ0n) is 21.1. The highest BCUT2D eigenvalue weighted by Gasteiger charge is 2.23. The van der Waals surface area contributed by atoms with E-state index in [0.29, 0.717) is 44.9 Å². The first-order valence-corrected chi connectivity index (χ1v) is 13.9. The largest absolute Gasteiger partial charge is 0.493 e. The third-order valence-corrected chi connectivity index (χ3v) is 8.27. The molecule has 0 spiro atoms. The van der Waals surface area contributed by atoms with Crippen LogP contribution < -0.4 is 15.0 Å². The predicted octanol–water partition coefficient (Wildman–Crippen LogP) is 7.76. The number of nitrogens with zero attached hydrogens (tertiary/aromatic N) is 3. The summed E-state index contributed by atoms with van der Waals surface area (Å²) in [5, 5.41) is 5.07. The van der Waals surface area contributed by atoms with Gasteiger partial charge in [0, 0.05) is 19.9 Å². The van der Waals surface area contributed by atoms with Crippen molar-refractivity contribution in [1.82, 2.24) is 9.66 Å². The Hall–Kier alpha value is -2.49. The van der Waals surface area contributed by atoms with Gasteiger partial charge in [-0.1, -0.05) is 66.5 Å². The van der Waals surface area contributed by atoms with Crippen molar-refractivity contribution >= 4 is 64.9 Å². The van der Waals surface area contributed by atoms with E-state index < -0.39 is 5.41 Å². The van der Waals surface area contributed by atoms with E-state index in [1.54, 1.807) is 19.4 Å². The summed E-state index contributed by atoms with van der Waals surface area (Å²) in [6, 6.07) is 15.4. The smallest absolute Gasteiger partial charge is 0.282 e. The quantitative estimate of drug-likeness (QED) is 0.194. The van der Waals surface area contributed by atoms with E-state index in [4.69, 9.17) is 14.5 Å². The van der Waals surface area contributed by atoms with Crippen molar-refractivity contribution in [2.75, 3.05) is 7.11 Å². The van der Waals surface area contributed by atoms with Crippen LogP contribution in [-0.4, -0.2) is 23.0 Å². The number of fused-ring (bicyclic) bond motifs is 1. The molecule has 0 saturated carbocycles. The third kappa shape index (κ3) is 5.99. The molecule has 9 heteroatoms. The molecule has 4 rings (SSSR count). The van der Waals surface area contributed by atoms with Gasteiger partial charge in [-0.2, -0.15) is 9.78 Å². The lowest BCUT2D eigenvalue weighted by atomic mass is 9.95. The standard InChI is InChI=1S/C28H26Br3N3O3/c1-16-7-6-8-17(11-16)15-37-25-22(36-5)12-18(23(30)24(25)31)14-32-34-26(35)20-13-19(29)9-10-21(20)33-27(34)28(2,3)4/h6-14H,15H2,1-5H3. The van der Waals surface area contributed by atoms with Crippen LogP contribution >= 0.6 is 47.8 Å². The minimum Gasteiger partial charge on any atom is -0.493 e. The average molecular weight is 692 g/mol. The molecule has 1 aromatic heterocycles. The Morgan fingerprint density at radius 3 is 2.49 bits per heavy atom. The van der Waals surface area contributed by atoms with Gasteiger partial charge in [0.25, 0.3) is 5.56 Å². The molecule has 37 heavy (non-hydrogen) atoms. The van der Waals surface area contributed by atoms with E-state index in [1.807, 2.05) is 64.1 Å². The number of ether oxygens (including phenoxy) is 2. The second kappa shape index (κ2) is 11.1. The predicted molar refractivity (Wildman–Crippen MR) is 159 cm³/mol. The van der Waals surface area contributed by atoms with Gasteiger partial charge in [-0.05, 0) is 68.6 Å². The summed E-state index contributed by atoms with van der Waals surface area (Å²) < 4.78 is 15.3. The van der Waals surface area contributed by atoms with Crippen LogP contribution in [0.5, 0.6) is 11.5 Å². The van der Waals surface area contributed by atoms with Gasteiger partial charge in [0.15, 0.2) is 11.5 Å². The van der Waals surface area contributed by atoms with E-state index in [2.05, 4.69) is 59.0 Å². The molecule has 0 aliphatic rings. The molecular formula is C28H26Br3N3O3. The maximum absolute atomic E-state index is 13.5. The fraction of sp³-hybridized carbons (Fsp3) is 0.250. The summed E-state index contributed by atoms with van der Waals surface area (Å²) in [5.41, 5.74) is 2.90. The number of aromatic nitrogens is 2. The topological polar surface area (TPSA) is 65.7 Å². The molecule has 0 N–H and O–H groups in total. The van der Waals surface area contributed by atoms with Crippen molar-refractivity contribution in [1.29, 1.82) is 0 Å². The van der Waals surface area contributed by atoms with E-state index in [0.717, 1.165) is 14.5 Å². The van der Waals surface area contributed by atoms with E-state index in [9.17, 15) is 4.79 Å². The van der Waals surface area contributed by atoms with Gasteiger partial charge < -0.3 is 9.47 Å². The van der Waals surface area contributed by atoms with Gasteiger partial charge in [0.1, 0.15) is 12.4 Å². The Kier molecular flexibility index (Phi) is 8.26. The van der Waals surface area contributed by atoms with E-state index >= 15 is 0 Å². The van der Waals surface area contributed by atoms with E-state index in [-0.39, 0.29) is 5.56 Å². The first-order chi connectivity index (χ1) is 17.5. The summed E-state index contributed by atoms with van der Waals surface area (Å²) in [6.45, 7) is 8.44. The zero-order valence-corrected chi connectivity index (χ0v) is 25.9. The Bertz CT molecular complexity index is 1570. The van der Waals surface area contributed by atoms with Crippen LogP contribution in [0.15, 0.2) is 71.8 Å². The van der Waals surface area contributed by atoms with Crippen molar-refractivity contribution in [2.24, 2.45) is 5.10 Å². The number of halogens is 3. The Morgan fingerprint density at radius 2 is 1.81 bits per heavy atom. The van der Waals surface area contributed by atoms with Crippen LogP contribution in [0.2, 0.25) is 0 Å². The fourth-order valence-electron chi connectivity index (χ4n) is 3.80. The third-order valence-electron chi connectivity index (χ3n) is 5.63. The molecule has 6 nitrogen and oxygen atoms in total. The van der Waals surface area contributed by atoms with Crippen LogP contribution in [0.25, 0.3) is 10.9 Å². The van der Waals surface area contributed by atoms with Crippen LogP contribution in [0.4, 0.5) is 0 Å². The summed E-state index contributed by atoms with van der Waals surface area (Å²) in [5.74, 6) is 1.66. The van der Waals surface area contributed by atoms with Crippen LogP contribution in [0.1, 0.15) is 43.3 Å². The van der Waals surface area contributed by atoms with Crippen molar-refractivity contribution in [3.63, 3.8) is 0 Å². The second-order valence-electron chi connectivity index (χ2n) is 9.61. The molecule has 0 bridgehead atoms. The molecule has 0 saturated heterocycles. The maximum atomic E-state index is 13.5.